The number of Topliss-reactive ketones (excluding diaryl/α,β-unsaturated/α-hetero) is 1. The third-order valence-electron chi connectivity index (χ3n) is 6.03. The summed E-state index contributed by atoms with van der Waals surface area (Å²) in [5.74, 6) is -1.01. The molecular weight excluding hydrogens is 440 g/mol. The van der Waals surface area contributed by atoms with E-state index >= 15 is 0 Å². The number of nitrogens with zero attached hydrogens (tertiary/aromatic N) is 2. The highest BCUT2D eigenvalue weighted by Gasteiger charge is 2.47. The van der Waals surface area contributed by atoms with Crippen molar-refractivity contribution in [2.45, 2.75) is 26.3 Å². The molecule has 0 saturated carbocycles. The fraction of sp³-hybridized carbons (Fsp3) is 0.241. The highest BCUT2D eigenvalue weighted by atomic mass is 16.5. The van der Waals surface area contributed by atoms with Crippen LogP contribution in [0.1, 0.15) is 36.1 Å². The highest BCUT2D eigenvalue weighted by Crippen LogP contribution is 2.42. The maximum atomic E-state index is 13.4. The van der Waals surface area contributed by atoms with Gasteiger partial charge in [0.05, 0.1) is 18.2 Å². The monoisotopic (exact) mass is 470 g/mol. The molecule has 35 heavy (non-hydrogen) atoms. The zero-order chi connectivity index (χ0) is 25.1. The quantitative estimate of drug-likeness (QED) is 0.281. The Morgan fingerprint density at radius 1 is 1.00 bits per heavy atom. The SMILES string of the molecule is CCCOc1cccc(/C(O)=C2\C(=O)C(=O)N(c3cccc(C)c3)C2c2ccc(N(C)C)cc2)c1. The smallest absolute Gasteiger partial charge is 0.300 e. The van der Waals surface area contributed by atoms with Crippen molar-refractivity contribution in [3.63, 3.8) is 0 Å². The molecule has 1 aliphatic rings. The minimum absolute atomic E-state index is 0.0572. The molecule has 0 aromatic heterocycles. The number of hydrogen-bond donors (Lipinski definition) is 1. The Kier molecular flexibility index (Phi) is 6.92. The Hall–Kier alpha value is -4.06. The van der Waals surface area contributed by atoms with E-state index in [1.54, 1.807) is 30.3 Å². The number of benzene rings is 3. The maximum Gasteiger partial charge on any atom is 0.300 e. The lowest BCUT2D eigenvalue weighted by Gasteiger charge is -2.26. The largest absolute Gasteiger partial charge is 0.507 e. The van der Waals surface area contributed by atoms with Gasteiger partial charge in [-0.05, 0) is 60.9 Å². The van der Waals surface area contributed by atoms with Gasteiger partial charge >= 0.3 is 0 Å². The van der Waals surface area contributed by atoms with Crippen LogP contribution in [0.4, 0.5) is 11.4 Å². The fourth-order valence-electron chi connectivity index (χ4n) is 4.26. The molecule has 0 radical (unpaired) electrons. The van der Waals surface area contributed by atoms with Gasteiger partial charge in [0.25, 0.3) is 11.7 Å². The van der Waals surface area contributed by atoms with Gasteiger partial charge in [0.15, 0.2) is 0 Å². The van der Waals surface area contributed by atoms with Crippen LogP contribution < -0.4 is 14.5 Å². The molecule has 0 spiro atoms. The first-order chi connectivity index (χ1) is 16.8. The van der Waals surface area contributed by atoms with Crippen molar-refractivity contribution in [3.8, 4) is 5.75 Å². The highest BCUT2D eigenvalue weighted by molar-refractivity contribution is 6.51. The molecular formula is C29H30N2O4. The minimum Gasteiger partial charge on any atom is -0.507 e. The van der Waals surface area contributed by atoms with E-state index in [9.17, 15) is 14.7 Å². The molecule has 1 atom stereocenters. The molecule has 6 nitrogen and oxygen atoms in total. The standard InChI is InChI=1S/C29H30N2O4/c1-5-16-35-24-11-7-9-21(18-24)27(32)25-26(20-12-14-22(15-13-20)30(3)4)31(29(34)28(25)33)23-10-6-8-19(2)17-23/h6-15,17-18,26,32H,5,16H2,1-4H3/b27-25+. The molecule has 1 fully saturated rings. The molecule has 1 aliphatic heterocycles. The van der Waals surface area contributed by atoms with Gasteiger partial charge in [-0.1, -0.05) is 43.3 Å². The average Bonchev–Trinajstić information content (AvgIpc) is 3.12. The number of carbonyl (C=O) groups is 2. The van der Waals surface area contributed by atoms with Crippen LogP contribution in [0.25, 0.3) is 5.76 Å². The lowest BCUT2D eigenvalue weighted by Crippen LogP contribution is -2.29. The summed E-state index contributed by atoms with van der Waals surface area (Å²) in [5, 5.41) is 11.4. The minimum atomic E-state index is -0.770. The van der Waals surface area contributed by atoms with Crippen LogP contribution in [0.3, 0.4) is 0 Å². The van der Waals surface area contributed by atoms with E-state index < -0.39 is 17.7 Å². The van der Waals surface area contributed by atoms with Crippen LogP contribution in [0.5, 0.6) is 5.75 Å². The summed E-state index contributed by atoms with van der Waals surface area (Å²) < 4.78 is 5.71. The maximum absolute atomic E-state index is 13.4. The fourth-order valence-corrected chi connectivity index (χ4v) is 4.26. The number of aryl methyl sites for hydroxylation is 1. The van der Waals surface area contributed by atoms with Crippen molar-refractivity contribution >= 4 is 28.8 Å². The third kappa shape index (κ3) is 4.78. The number of amides is 1. The molecule has 1 N–H and O–H groups in total. The summed E-state index contributed by atoms with van der Waals surface area (Å²) in [6.45, 7) is 4.49. The number of hydrogen-bond acceptors (Lipinski definition) is 5. The predicted molar refractivity (Wildman–Crippen MR) is 139 cm³/mol. The number of ether oxygens (including phenoxy) is 1. The van der Waals surface area contributed by atoms with Gasteiger partial charge in [-0.15, -0.1) is 0 Å². The number of anilines is 2. The van der Waals surface area contributed by atoms with Crippen molar-refractivity contribution in [1.29, 1.82) is 0 Å². The van der Waals surface area contributed by atoms with Crippen LogP contribution >= 0.6 is 0 Å². The van der Waals surface area contributed by atoms with Crippen LogP contribution in [0.15, 0.2) is 78.4 Å². The van der Waals surface area contributed by atoms with E-state index in [4.69, 9.17) is 4.74 Å². The zero-order valence-electron chi connectivity index (χ0n) is 20.5. The Morgan fingerprint density at radius 3 is 2.37 bits per heavy atom. The summed E-state index contributed by atoms with van der Waals surface area (Å²) in [4.78, 5) is 30.1. The van der Waals surface area contributed by atoms with E-state index in [0.29, 0.717) is 23.6 Å². The molecule has 4 rings (SSSR count). The molecule has 1 heterocycles. The van der Waals surface area contributed by atoms with Gasteiger partial charge in [0.1, 0.15) is 11.5 Å². The Bertz CT molecular complexity index is 1280. The number of aliphatic hydroxyl groups is 1. The van der Waals surface area contributed by atoms with Crippen molar-refractivity contribution in [3.05, 3.63) is 95.1 Å². The summed E-state index contributed by atoms with van der Waals surface area (Å²) in [7, 11) is 3.89. The molecule has 0 aliphatic carbocycles. The third-order valence-corrected chi connectivity index (χ3v) is 6.03. The van der Waals surface area contributed by atoms with Crippen molar-refractivity contribution in [2.24, 2.45) is 0 Å². The first kappa shape index (κ1) is 24.1. The lowest BCUT2D eigenvalue weighted by molar-refractivity contribution is -0.132. The van der Waals surface area contributed by atoms with E-state index in [1.807, 2.05) is 75.3 Å². The number of carbonyl (C=O) groups excluding carboxylic acids is 2. The normalized spacial score (nSPS) is 17.0. The summed E-state index contributed by atoms with van der Waals surface area (Å²) in [6.07, 6.45) is 0.848. The van der Waals surface area contributed by atoms with Crippen molar-refractivity contribution in [2.75, 3.05) is 30.5 Å². The van der Waals surface area contributed by atoms with E-state index in [2.05, 4.69) is 0 Å². The molecule has 0 bridgehead atoms. The van der Waals surface area contributed by atoms with Crippen molar-refractivity contribution in [1.82, 2.24) is 0 Å². The molecule has 3 aromatic rings. The second kappa shape index (κ2) is 10.1. The Balaban J connectivity index is 1.88. The van der Waals surface area contributed by atoms with Gasteiger partial charge in [0, 0.05) is 31.0 Å². The number of aliphatic hydroxyl groups excluding tert-OH is 1. The number of rotatable bonds is 7. The van der Waals surface area contributed by atoms with E-state index in [1.165, 1.54) is 4.90 Å². The molecule has 1 saturated heterocycles. The van der Waals surface area contributed by atoms with Gasteiger partial charge < -0.3 is 14.7 Å². The molecule has 180 valence electrons. The molecule has 1 amide bonds. The van der Waals surface area contributed by atoms with Gasteiger partial charge in [-0.25, -0.2) is 0 Å². The summed E-state index contributed by atoms with van der Waals surface area (Å²) >= 11 is 0. The zero-order valence-corrected chi connectivity index (χ0v) is 20.5. The Morgan fingerprint density at radius 2 is 1.71 bits per heavy atom. The van der Waals surface area contributed by atoms with E-state index in [0.717, 1.165) is 23.2 Å². The second-order valence-electron chi connectivity index (χ2n) is 8.87. The first-order valence-electron chi connectivity index (χ1n) is 11.7. The van der Waals surface area contributed by atoms with Gasteiger partial charge in [-0.2, -0.15) is 0 Å². The Labute approximate surface area is 206 Å². The van der Waals surface area contributed by atoms with E-state index in [-0.39, 0.29) is 11.3 Å². The topological polar surface area (TPSA) is 70.1 Å². The second-order valence-corrected chi connectivity index (χ2v) is 8.87. The molecule has 6 heteroatoms. The van der Waals surface area contributed by atoms with Crippen LogP contribution in [0.2, 0.25) is 0 Å². The molecule has 1 unspecified atom stereocenters. The first-order valence-corrected chi connectivity index (χ1v) is 11.7. The van der Waals surface area contributed by atoms with Crippen LogP contribution in [-0.4, -0.2) is 37.5 Å². The van der Waals surface area contributed by atoms with Crippen molar-refractivity contribution < 1.29 is 19.4 Å². The van der Waals surface area contributed by atoms with Crippen LogP contribution in [0, 0.1) is 6.92 Å². The average molecular weight is 471 g/mol. The summed E-state index contributed by atoms with van der Waals surface area (Å²) in [6, 6.07) is 21.3. The van der Waals surface area contributed by atoms with Gasteiger partial charge in [0.2, 0.25) is 0 Å². The van der Waals surface area contributed by atoms with Gasteiger partial charge in [-0.3, -0.25) is 14.5 Å². The van der Waals surface area contributed by atoms with Crippen LogP contribution in [-0.2, 0) is 9.59 Å². The predicted octanol–water partition coefficient (Wildman–Crippen LogP) is 5.48. The molecule has 3 aromatic carbocycles. The summed E-state index contributed by atoms with van der Waals surface area (Å²) in [5.41, 5.74) is 3.77. The number of ketones is 1. The lowest BCUT2D eigenvalue weighted by atomic mass is 9.94.